The fourth-order valence-corrected chi connectivity index (χ4v) is 2.65. The molecule has 1 amide bonds. The van der Waals surface area contributed by atoms with E-state index in [1.807, 2.05) is 24.0 Å². The maximum Gasteiger partial charge on any atom is 0.244 e. The molecule has 0 bridgehead atoms. The van der Waals surface area contributed by atoms with E-state index in [0.717, 1.165) is 25.9 Å². The van der Waals surface area contributed by atoms with Crippen molar-refractivity contribution >= 4 is 34.8 Å². The molecule has 1 heterocycles. The monoisotopic (exact) mass is 300 g/mol. The van der Waals surface area contributed by atoms with Crippen LogP contribution in [-0.4, -0.2) is 29.9 Å². The van der Waals surface area contributed by atoms with Crippen LogP contribution in [0.2, 0.25) is 10.0 Å². The molecule has 19 heavy (non-hydrogen) atoms. The first kappa shape index (κ1) is 14.5. The Balaban J connectivity index is 2.01. The second kappa shape index (κ2) is 6.49. The molecule has 0 saturated carbocycles. The van der Waals surface area contributed by atoms with Crippen molar-refractivity contribution in [3.63, 3.8) is 0 Å². The van der Waals surface area contributed by atoms with Crippen molar-refractivity contribution < 1.29 is 4.79 Å². The summed E-state index contributed by atoms with van der Waals surface area (Å²) in [7, 11) is 0. The highest BCUT2D eigenvalue weighted by atomic mass is 35.5. The number of hydrogen-bond donors (Lipinski definition) is 1. The van der Waals surface area contributed by atoms with E-state index in [0.29, 0.717) is 15.7 Å². The smallest absolute Gasteiger partial charge is 0.244 e. The Kier molecular flexibility index (Phi) is 4.94. The first-order valence-corrected chi connectivity index (χ1v) is 7.34. The summed E-state index contributed by atoms with van der Waals surface area (Å²) in [6.07, 6.45) is 3.40. The molecule has 104 valence electrons. The Morgan fingerprint density at radius 2 is 1.95 bits per heavy atom. The lowest BCUT2D eigenvalue weighted by Gasteiger charge is -2.30. The first-order valence-electron chi connectivity index (χ1n) is 6.59. The lowest BCUT2D eigenvalue weighted by atomic mass is 10.1. The minimum atomic E-state index is -0.297. The van der Waals surface area contributed by atoms with Crippen molar-refractivity contribution in [2.45, 2.75) is 32.2 Å². The molecule has 3 nitrogen and oxygen atoms in total. The Bertz CT molecular complexity index is 459. The van der Waals surface area contributed by atoms with Gasteiger partial charge < -0.3 is 10.2 Å². The summed E-state index contributed by atoms with van der Waals surface area (Å²) < 4.78 is 0. The summed E-state index contributed by atoms with van der Waals surface area (Å²) >= 11 is 12.1. The zero-order valence-electron chi connectivity index (χ0n) is 11.0. The molecule has 1 fully saturated rings. The van der Waals surface area contributed by atoms with Crippen molar-refractivity contribution in [1.82, 2.24) is 4.90 Å². The maximum atomic E-state index is 12.3. The molecular weight excluding hydrogens is 283 g/mol. The van der Waals surface area contributed by atoms with Gasteiger partial charge in [-0.2, -0.15) is 0 Å². The van der Waals surface area contributed by atoms with Gasteiger partial charge in [0.1, 0.15) is 6.04 Å². The van der Waals surface area contributed by atoms with Gasteiger partial charge in [0.2, 0.25) is 5.91 Å². The highest BCUT2D eigenvalue weighted by Gasteiger charge is 2.22. The molecule has 1 unspecified atom stereocenters. The van der Waals surface area contributed by atoms with Crippen LogP contribution >= 0.6 is 23.2 Å². The van der Waals surface area contributed by atoms with Gasteiger partial charge in [-0.15, -0.1) is 0 Å². The molecule has 5 heteroatoms. The summed E-state index contributed by atoms with van der Waals surface area (Å²) in [5.41, 5.74) is 0.701. The summed E-state index contributed by atoms with van der Waals surface area (Å²) in [5.74, 6) is 0.121. The van der Waals surface area contributed by atoms with E-state index in [4.69, 9.17) is 23.2 Å². The normalized spacial score (nSPS) is 17.1. The van der Waals surface area contributed by atoms with Crippen molar-refractivity contribution in [3.8, 4) is 0 Å². The SMILES string of the molecule is CC(Nc1cccc(Cl)c1Cl)C(=O)N1CCCCC1. The third-order valence-corrected chi connectivity index (χ3v) is 4.18. The molecule has 0 spiro atoms. The van der Waals surface area contributed by atoms with Gasteiger partial charge in [0, 0.05) is 13.1 Å². The fraction of sp³-hybridized carbons (Fsp3) is 0.500. The topological polar surface area (TPSA) is 32.3 Å². The van der Waals surface area contributed by atoms with E-state index >= 15 is 0 Å². The van der Waals surface area contributed by atoms with Gasteiger partial charge in [-0.1, -0.05) is 29.3 Å². The largest absolute Gasteiger partial charge is 0.373 e. The van der Waals surface area contributed by atoms with Gasteiger partial charge in [0.05, 0.1) is 15.7 Å². The average molecular weight is 301 g/mol. The fourth-order valence-electron chi connectivity index (χ4n) is 2.30. The molecule has 0 aromatic heterocycles. The summed E-state index contributed by atoms with van der Waals surface area (Å²) in [6, 6.07) is 5.07. The van der Waals surface area contributed by atoms with Gasteiger partial charge in [-0.25, -0.2) is 0 Å². The first-order chi connectivity index (χ1) is 9.09. The minimum absolute atomic E-state index is 0.121. The molecule has 0 aliphatic carbocycles. The van der Waals surface area contributed by atoms with Gasteiger partial charge >= 0.3 is 0 Å². The zero-order chi connectivity index (χ0) is 13.8. The number of piperidine rings is 1. The highest BCUT2D eigenvalue weighted by molar-refractivity contribution is 6.43. The van der Waals surface area contributed by atoms with Crippen LogP contribution in [0.4, 0.5) is 5.69 Å². The maximum absolute atomic E-state index is 12.3. The van der Waals surface area contributed by atoms with Crippen LogP contribution in [0.5, 0.6) is 0 Å². The molecule has 1 aromatic carbocycles. The molecule has 1 aliphatic heterocycles. The van der Waals surface area contributed by atoms with Crippen LogP contribution in [0.1, 0.15) is 26.2 Å². The highest BCUT2D eigenvalue weighted by Crippen LogP contribution is 2.30. The van der Waals surface area contributed by atoms with Gasteiger partial charge in [-0.05, 0) is 38.3 Å². The summed E-state index contributed by atoms with van der Waals surface area (Å²) in [4.78, 5) is 14.2. The van der Waals surface area contributed by atoms with Gasteiger partial charge in [0.25, 0.3) is 0 Å². The van der Waals surface area contributed by atoms with Gasteiger partial charge in [-0.3, -0.25) is 4.79 Å². The van der Waals surface area contributed by atoms with E-state index in [1.165, 1.54) is 6.42 Å². The number of rotatable bonds is 3. The lowest BCUT2D eigenvalue weighted by molar-refractivity contribution is -0.132. The third kappa shape index (κ3) is 3.54. The van der Waals surface area contributed by atoms with Crippen molar-refractivity contribution in [1.29, 1.82) is 0 Å². The van der Waals surface area contributed by atoms with Crippen LogP contribution in [0, 0.1) is 0 Å². The van der Waals surface area contributed by atoms with E-state index in [-0.39, 0.29) is 11.9 Å². The average Bonchev–Trinajstić information content (AvgIpc) is 2.44. The molecular formula is C14H18Cl2N2O. The quantitative estimate of drug-likeness (QED) is 0.921. The molecule has 1 N–H and O–H groups in total. The van der Waals surface area contributed by atoms with E-state index in [2.05, 4.69) is 5.32 Å². The minimum Gasteiger partial charge on any atom is -0.373 e. The van der Waals surface area contributed by atoms with Crippen molar-refractivity contribution in [2.75, 3.05) is 18.4 Å². The van der Waals surface area contributed by atoms with Crippen LogP contribution in [0.15, 0.2) is 18.2 Å². The predicted molar refractivity (Wildman–Crippen MR) is 80.0 cm³/mol. The molecule has 1 atom stereocenters. The second-order valence-corrected chi connectivity index (χ2v) is 5.64. The van der Waals surface area contributed by atoms with E-state index in [1.54, 1.807) is 6.07 Å². The molecule has 0 radical (unpaired) electrons. The molecule has 1 aromatic rings. The number of likely N-dealkylation sites (tertiary alicyclic amines) is 1. The summed E-state index contributed by atoms with van der Waals surface area (Å²) in [6.45, 7) is 3.57. The van der Waals surface area contributed by atoms with Crippen molar-refractivity contribution in [2.24, 2.45) is 0 Å². The van der Waals surface area contributed by atoms with Crippen LogP contribution < -0.4 is 5.32 Å². The third-order valence-electron chi connectivity index (χ3n) is 3.36. The summed E-state index contributed by atoms with van der Waals surface area (Å²) in [5, 5.41) is 4.09. The lowest BCUT2D eigenvalue weighted by Crippen LogP contribution is -2.43. The predicted octanol–water partition coefficient (Wildman–Crippen LogP) is 3.81. The van der Waals surface area contributed by atoms with Crippen LogP contribution in [0.25, 0.3) is 0 Å². The Morgan fingerprint density at radius 3 is 2.63 bits per heavy atom. The number of benzene rings is 1. The zero-order valence-corrected chi connectivity index (χ0v) is 12.5. The number of anilines is 1. The molecule has 1 saturated heterocycles. The standard InChI is InChI=1S/C14H18Cl2N2O/c1-10(14(19)18-8-3-2-4-9-18)17-12-7-5-6-11(15)13(12)16/h5-7,10,17H,2-4,8-9H2,1H3. The number of carbonyl (C=O) groups excluding carboxylic acids is 1. The van der Waals surface area contributed by atoms with Crippen LogP contribution in [-0.2, 0) is 4.79 Å². The van der Waals surface area contributed by atoms with E-state index in [9.17, 15) is 4.79 Å². The van der Waals surface area contributed by atoms with Crippen LogP contribution in [0.3, 0.4) is 0 Å². The van der Waals surface area contributed by atoms with Crippen molar-refractivity contribution in [3.05, 3.63) is 28.2 Å². The Labute approximate surface area is 123 Å². The number of nitrogens with zero attached hydrogens (tertiary/aromatic N) is 1. The Morgan fingerprint density at radius 1 is 1.26 bits per heavy atom. The molecule has 2 rings (SSSR count). The number of nitrogens with one attached hydrogen (secondary N) is 1. The van der Waals surface area contributed by atoms with E-state index < -0.39 is 0 Å². The number of halogens is 2. The molecule has 1 aliphatic rings. The number of hydrogen-bond acceptors (Lipinski definition) is 2. The number of amides is 1. The number of carbonyl (C=O) groups is 1. The Hall–Kier alpha value is -0.930. The van der Waals surface area contributed by atoms with Gasteiger partial charge in [0.15, 0.2) is 0 Å². The second-order valence-electron chi connectivity index (χ2n) is 4.85.